The van der Waals surface area contributed by atoms with Gasteiger partial charge in [0.1, 0.15) is 0 Å². The zero-order chi connectivity index (χ0) is 15.4. The highest BCUT2D eigenvalue weighted by molar-refractivity contribution is 8.00. The molecule has 1 aromatic carbocycles. The molecule has 3 rings (SSSR count). The molecule has 3 nitrogen and oxygen atoms in total. The summed E-state index contributed by atoms with van der Waals surface area (Å²) in [7, 11) is 1.84. The van der Waals surface area contributed by atoms with Gasteiger partial charge < -0.3 is 10.6 Å². The predicted molar refractivity (Wildman–Crippen MR) is 97.2 cm³/mol. The van der Waals surface area contributed by atoms with E-state index in [4.69, 9.17) is 11.6 Å². The monoisotopic (exact) mass is 337 g/mol. The fourth-order valence-corrected chi connectivity index (χ4v) is 4.42. The highest BCUT2D eigenvalue weighted by Gasteiger charge is 2.44. The molecule has 0 spiro atoms. The van der Waals surface area contributed by atoms with Crippen molar-refractivity contribution >= 4 is 29.3 Å². The molecule has 0 bridgehead atoms. The predicted octanol–water partition coefficient (Wildman–Crippen LogP) is 3.43. The van der Waals surface area contributed by atoms with Crippen molar-refractivity contribution in [3.8, 4) is 0 Å². The maximum absolute atomic E-state index is 6.13. The SMILES string of the molecule is CN=C(NCC1CCCS1)NCC1(c2cccc(Cl)c2)CC1. The molecule has 120 valence electrons. The van der Waals surface area contributed by atoms with E-state index in [2.05, 4.69) is 39.5 Å². The van der Waals surface area contributed by atoms with Crippen LogP contribution >= 0.6 is 23.4 Å². The molecule has 5 heteroatoms. The first-order valence-electron chi connectivity index (χ1n) is 8.04. The van der Waals surface area contributed by atoms with Crippen LogP contribution in [0.2, 0.25) is 5.02 Å². The summed E-state index contributed by atoms with van der Waals surface area (Å²) in [4.78, 5) is 4.35. The molecule has 0 amide bonds. The number of aliphatic imine (C=N–C) groups is 1. The Morgan fingerprint density at radius 1 is 1.41 bits per heavy atom. The molecule has 2 aliphatic rings. The summed E-state index contributed by atoms with van der Waals surface area (Å²) >= 11 is 8.20. The van der Waals surface area contributed by atoms with Crippen LogP contribution in [0.15, 0.2) is 29.3 Å². The van der Waals surface area contributed by atoms with Crippen molar-refractivity contribution in [2.45, 2.75) is 36.3 Å². The first-order chi connectivity index (χ1) is 10.7. The van der Waals surface area contributed by atoms with Gasteiger partial charge in [-0.3, -0.25) is 4.99 Å². The number of hydrogen-bond donors (Lipinski definition) is 2. The van der Waals surface area contributed by atoms with Gasteiger partial charge in [-0.2, -0.15) is 11.8 Å². The smallest absolute Gasteiger partial charge is 0.191 e. The number of hydrogen-bond acceptors (Lipinski definition) is 2. The lowest BCUT2D eigenvalue weighted by atomic mass is 9.96. The second kappa shape index (κ2) is 7.14. The van der Waals surface area contributed by atoms with E-state index >= 15 is 0 Å². The molecule has 1 aliphatic carbocycles. The van der Waals surface area contributed by atoms with Crippen LogP contribution in [0.3, 0.4) is 0 Å². The first kappa shape index (κ1) is 16.0. The van der Waals surface area contributed by atoms with Crippen molar-refractivity contribution in [1.29, 1.82) is 0 Å². The van der Waals surface area contributed by atoms with Crippen molar-refractivity contribution in [2.24, 2.45) is 4.99 Å². The van der Waals surface area contributed by atoms with Crippen molar-refractivity contribution in [3.05, 3.63) is 34.9 Å². The molecular formula is C17H24ClN3S. The number of thioether (sulfide) groups is 1. The van der Waals surface area contributed by atoms with Crippen LogP contribution in [0.1, 0.15) is 31.2 Å². The Balaban J connectivity index is 1.52. The van der Waals surface area contributed by atoms with Gasteiger partial charge in [0, 0.05) is 35.8 Å². The van der Waals surface area contributed by atoms with Gasteiger partial charge in [0.25, 0.3) is 0 Å². The van der Waals surface area contributed by atoms with Crippen molar-refractivity contribution in [2.75, 3.05) is 25.9 Å². The molecule has 2 N–H and O–H groups in total. The van der Waals surface area contributed by atoms with Gasteiger partial charge in [0.2, 0.25) is 0 Å². The van der Waals surface area contributed by atoms with E-state index < -0.39 is 0 Å². The fraction of sp³-hybridized carbons (Fsp3) is 0.588. The summed E-state index contributed by atoms with van der Waals surface area (Å²) in [6.45, 7) is 1.93. The fourth-order valence-electron chi connectivity index (χ4n) is 3.03. The lowest BCUT2D eigenvalue weighted by Crippen LogP contribution is -2.43. The van der Waals surface area contributed by atoms with E-state index in [1.54, 1.807) is 0 Å². The molecule has 1 aliphatic heterocycles. The lowest BCUT2D eigenvalue weighted by molar-refractivity contribution is 0.641. The van der Waals surface area contributed by atoms with Gasteiger partial charge in [0.15, 0.2) is 5.96 Å². The van der Waals surface area contributed by atoms with E-state index in [1.165, 1.54) is 37.0 Å². The Morgan fingerprint density at radius 3 is 2.91 bits per heavy atom. The molecule has 1 aromatic rings. The largest absolute Gasteiger partial charge is 0.356 e. The summed E-state index contributed by atoms with van der Waals surface area (Å²) < 4.78 is 0. The van der Waals surface area contributed by atoms with Gasteiger partial charge in [-0.05, 0) is 49.1 Å². The Labute approximate surface area is 142 Å². The second-order valence-corrected chi connectivity index (χ2v) is 8.08. The number of benzene rings is 1. The van der Waals surface area contributed by atoms with E-state index in [9.17, 15) is 0 Å². The number of halogens is 1. The maximum Gasteiger partial charge on any atom is 0.191 e. The highest BCUT2D eigenvalue weighted by atomic mass is 35.5. The summed E-state index contributed by atoms with van der Waals surface area (Å²) in [6.07, 6.45) is 5.10. The minimum absolute atomic E-state index is 0.241. The zero-order valence-electron chi connectivity index (χ0n) is 13.1. The van der Waals surface area contributed by atoms with Crippen LogP contribution in [0, 0.1) is 0 Å². The molecule has 0 radical (unpaired) electrons. The summed E-state index contributed by atoms with van der Waals surface area (Å²) in [6, 6.07) is 8.27. The van der Waals surface area contributed by atoms with E-state index in [1.807, 2.05) is 19.2 Å². The molecule has 1 saturated carbocycles. The molecule has 1 heterocycles. The van der Waals surface area contributed by atoms with Gasteiger partial charge in [-0.1, -0.05) is 23.7 Å². The summed E-state index contributed by atoms with van der Waals surface area (Å²) in [5.41, 5.74) is 1.58. The zero-order valence-corrected chi connectivity index (χ0v) is 14.6. The van der Waals surface area contributed by atoms with Crippen LogP contribution in [-0.2, 0) is 5.41 Å². The van der Waals surface area contributed by atoms with E-state index in [0.717, 1.165) is 29.3 Å². The van der Waals surface area contributed by atoms with Crippen LogP contribution < -0.4 is 10.6 Å². The number of nitrogens with one attached hydrogen (secondary N) is 2. The molecule has 1 atom stereocenters. The average Bonchev–Trinajstić information content (AvgIpc) is 3.14. The average molecular weight is 338 g/mol. The minimum Gasteiger partial charge on any atom is -0.356 e. The van der Waals surface area contributed by atoms with Crippen LogP contribution in [0.25, 0.3) is 0 Å². The quantitative estimate of drug-likeness (QED) is 0.638. The lowest BCUT2D eigenvalue weighted by Gasteiger charge is -2.20. The third-order valence-corrected chi connectivity index (χ3v) is 6.26. The molecule has 2 fully saturated rings. The van der Waals surface area contributed by atoms with Crippen LogP contribution in [-0.4, -0.2) is 37.1 Å². The first-order valence-corrected chi connectivity index (χ1v) is 9.47. The standard InChI is InChI=1S/C17H24ClN3S/c1-19-16(20-11-15-6-3-9-22-15)21-12-17(7-8-17)13-4-2-5-14(18)10-13/h2,4-5,10,15H,3,6-9,11-12H2,1H3,(H2,19,20,21). The molecule has 1 saturated heterocycles. The normalized spacial score (nSPS) is 23.4. The Bertz CT molecular complexity index is 536. The van der Waals surface area contributed by atoms with E-state index in [-0.39, 0.29) is 5.41 Å². The van der Waals surface area contributed by atoms with Gasteiger partial charge in [-0.25, -0.2) is 0 Å². The molecule has 1 unspecified atom stereocenters. The topological polar surface area (TPSA) is 36.4 Å². The number of nitrogens with zero attached hydrogens (tertiary/aromatic N) is 1. The van der Waals surface area contributed by atoms with Gasteiger partial charge >= 0.3 is 0 Å². The van der Waals surface area contributed by atoms with Crippen molar-refractivity contribution in [1.82, 2.24) is 10.6 Å². The third-order valence-electron chi connectivity index (χ3n) is 4.63. The van der Waals surface area contributed by atoms with Crippen LogP contribution in [0.4, 0.5) is 0 Å². The Hall–Kier alpha value is -0.870. The number of rotatable bonds is 5. The van der Waals surface area contributed by atoms with Gasteiger partial charge in [-0.15, -0.1) is 0 Å². The minimum atomic E-state index is 0.241. The van der Waals surface area contributed by atoms with Crippen LogP contribution in [0.5, 0.6) is 0 Å². The maximum atomic E-state index is 6.13. The Morgan fingerprint density at radius 2 is 2.27 bits per heavy atom. The van der Waals surface area contributed by atoms with Crippen molar-refractivity contribution in [3.63, 3.8) is 0 Å². The van der Waals surface area contributed by atoms with E-state index in [0.29, 0.717) is 0 Å². The molecular weight excluding hydrogens is 314 g/mol. The number of guanidine groups is 1. The molecule has 22 heavy (non-hydrogen) atoms. The summed E-state index contributed by atoms with van der Waals surface area (Å²) in [5.74, 6) is 2.22. The summed E-state index contributed by atoms with van der Waals surface area (Å²) in [5, 5.41) is 8.53. The second-order valence-electron chi connectivity index (χ2n) is 6.23. The molecule has 0 aromatic heterocycles. The highest BCUT2D eigenvalue weighted by Crippen LogP contribution is 2.48. The van der Waals surface area contributed by atoms with Gasteiger partial charge in [0.05, 0.1) is 0 Å². The third kappa shape index (κ3) is 3.90. The Kier molecular flexibility index (Phi) is 5.19. The van der Waals surface area contributed by atoms with Crippen molar-refractivity contribution < 1.29 is 0 Å².